The van der Waals surface area contributed by atoms with Crippen molar-refractivity contribution in [1.29, 1.82) is 0 Å². The van der Waals surface area contributed by atoms with E-state index in [1.54, 1.807) is 41.3 Å². The Morgan fingerprint density at radius 3 is 2.21 bits per heavy atom. The first-order valence-electron chi connectivity index (χ1n) is 9.22. The Balaban J connectivity index is 0.000000540. The number of carbonyl (C=O) groups is 2. The number of ether oxygens (including phenoxy) is 2. The normalized spacial score (nSPS) is 17.3. The second-order valence-corrected chi connectivity index (χ2v) is 9.47. The van der Waals surface area contributed by atoms with Gasteiger partial charge in [0.1, 0.15) is 0 Å². The minimum absolute atomic E-state index is 0.0230. The third kappa shape index (κ3) is 10.7. The lowest BCUT2D eigenvalue weighted by molar-refractivity contribution is -0.139. The highest BCUT2D eigenvalue weighted by atomic mass is 28.4. The Bertz CT molecular complexity index is 514. The van der Waals surface area contributed by atoms with Gasteiger partial charge in [0.15, 0.2) is 0 Å². The first-order chi connectivity index (χ1) is 13.2. The first kappa shape index (κ1) is 26.5. The minimum Gasteiger partial charge on any atom is -0.478 e. The maximum atomic E-state index is 11.1. The molecule has 1 aliphatic rings. The fourth-order valence-corrected chi connectivity index (χ4v) is 4.07. The van der Waals surface area contributed by atoms with Crippen LogP contribution in [0.1, 0.15) is 39.5 Å². The Hall–Kier alpha value is -1.52. The topological polar surface area (TPSA) is 101 Å². The Morgan fingerprint density at radius 2 is 1.79 bits per heavy atom. The number of rotatable bonds is 10. The molecule has 1 fully saturated rings. The standard InChI is InChI=1S/C10H20O5Si.C9H14O3/c1-9(2)10(11)15-7-6-8-16(12-3,13-4)14-5;1-7(9(10)11)6-8-4-2-3-5-12-8/h1,6-8H2,2-5H3;6,8H,2-5H2,1H3,(H,10,11). The van der Waals surface area contributed by atoms with Crippen LogP contribution >= 0.6 is 0 Å². The lowest BCUT2D eigenvalue weighted by atomic mass is 10.1. The monoisotopic (exact) mass is 418 g/mol. The molecule has 0 amide bonds. The van der Waals surface area contributed by atoms with E-state index in [1.165, 1.54) is 0 Å². The lowest BCUT2D eigenvalue weighted by Crippen LogP contribution is -2.42. The maximum absolute atomic E-state index is 11.1. The van der Waals surface area contributed by atoms with Crippen LogP contribution in [0.4, 0.5) is 0 Å². The molecule has 1 N–H and O–H groups in total. The molecule has 1 aliphatic heterocycles. The molecule has 0 aromatic heterocycles. The van der Waals surface area contributed by atoms with Crippen LogP contribution in [0.3, 0.4) is 0 Å². The number of carboxylic acids is 1. The lowest BCUT2D eigenvalue weighted by Gasteiger charge is -2.24. The van der Waals surface area contributed by atoms with Crippen molar-refractivity contribution in [2.45, 2.75) is 51.7 Å². The smallest absolute Gasteiger partial charge is 0.478 e. The van der Waals surface area contributed by atoms with E-state index in [2.05, 4.69) is 6.58 Å². The van der Waals surface area contributed by atoms with Gasteiger partial charge in [0.25, 0.3) is 0 Å². The molecule has 28 heavy (non-hydrogen) atoms. The highest BCUT2D eigenvalue weighted by molar-refractivity contribution is 6.60. The van der Waals surface area contributed by atoms with Crippen molar-refractivity contribution < 1.29 is 37.4 Å². The summed E-state index contributed by atoms with van der Waals surface area (Å²) in [6, 6.07) is 0.611. The molecule has 0 aromatic rings. The predicted octanol–water partition coefficient (Wildman–Crippen LogP) is 2.96. The van der Waals surface area contributed by atoms with Gasteiger partial charge in [-0.25, -0.2) is 9.59 Å². The van der Waals surface area contributed by atoms with Gasteiger partial charge >= 0.3 is 20.7 Å². The predicted molar refractivity (Wildman–Crippen MR) is 107 cm³/mol. The maximum Gasteiger partial charge on any atom is 0.500 e. The SMILES string of the molecule is C=C(C)C(=O)OCCC[Si](OC)(OC)OC.CC(=CC1CCCCO1)C(=O)O. The summed E-state index contributed by atoms with van der Waals surface area (Å²) in [5.41, 5.74) is 0.774. The van der Waals surface area contributed by atoms with Crippen molar-refractivity contribution in [1.82, 2.24) is 0 Å². The summed E-state index contributed by atoms with van der Waals surface area (Å²) < 4.78 is 26.0. The van der Waals surface area contributed by atoms with E-state index in [1.807, 2.05) is 0 Å². The van der Waals surface area contributed by atoms with E-state index in [0.717, 1.165) is 25.9 Å². The number of carboxylic acid groups (broad SMARTS) is 1. The van der Waals surface area contributed by atoms with Gasteiger partial charge in [0.2, 0.25) is 0 Å². The average Bonchev–Trinajstić information content (AvgIpc) is 2.69. The third-order valence-electron chi connectivity index (χ3n) is 4.13. The van der Waals surface area contributed by atoms with Crippen LogP contribution in [0.5, 0.6) is 0 Å². The first-order valence-corrected chi connectivity index (χ1v) is 11.2. The van der Waals surface area contributed by atoms with E-state index >= 15 is 0 Å². The molecule has 1 unspecified atom stereocenters. The number of carbonyl (C=O) groups excluding carboxylic acids is 1. The fourth-order valence-electron chi connectivity index (χ4n) is 2.38. The molecule has 0 spiro atoms. The summed E-state index contributed by atoms with van der Waals surface area (Å²) in [4.78, 5) is 21.5. The zero-order valence-corrected chi connectivity index (χ0v) is 18.6. The molecule has 1 heterocycles. The molecule has 8 nitrogen and oxygen atoms in total. The molecule has 0 aromatic carbocycles. The molecular formula is C19H34O8Si. The zero-order valence-electron chi connectivity index (χ0n) is 17.6. The van der Waals surface area contributed by atoms with Crippen LogP contribution in [0.25, 0.3) is 0 Å². The van der Waals surface area contributed by atoms with Crippen LogP contribution < -0.4 is 0 Å². The van der Waals surface area contributed by atoms with Crippen LogP contribution in [0.15, 0.2) is 23.8 Å². The van der Waals surface area contributed by atoms with Crippen molar-refractivity contribution in [3.63, 3.8) is 0 Å². The van der Waals surface area contributed by atoms with Gasteiger partial charge in [-0.05, 0) is 45.6 Å². The molecule has 0 bridgehead atoms. The number of hydrogen-bond acceptors (Lipinski definition) is 7. The molecule has 1 atom stereocenters. The Labute approximate surface area is 168 Å². The third-order valence-corrected chi connectivity index (χ3v) is 6.96. The second kappa shape index (κ2) is 14.5. The van der Waals surface area contributed by atoms with E-state index in [0.29, 0.717) is 30.2 Å². The molecule has 0 saturated carbocycles. The molecule has 0 aliphatic carbocycles. The molecule has 1 saturated heterocycles. The van der Waals surface area contributed by atoms with Crippen molar-refractivity contribution >= 4 is 20.7 Å². The molecule has 1 rings (SSSR count). The molecule has 0 radical (unpaired) electrons. The summed E-state index contributed by atoms with van der Waals surface area (Å²) in [6.45, 7) is 7.77. The largest absolute Gasteiger partial charge is 0.500 e. The highest BCUT2D eigenvalue weighted by Crippen LogP contribution is 2.15. The van der Waals surface area contributed by atoms with Gasteiger partial charge in [-0.15, -0.1) is 0 Å². The van der Waals surface area contributed by atoms with Crippen molar-refractivity contribution in [2.24, 2.45) is 0 Å². The number of esters is 1. The van der Waals surface area contributed by atoms with Gasteiger partial charge in [-0.3, -0.25) is 0 Å². The highest BCUT2D eigenvalue weighted by Gasteiger charge is 2.36. The summed E-state index contributed by atoms with van der Waals surface area (Å²) >= 11 is 0. The van der Waals surface area contributed by atoms with Crippen LogP contribution in [0, 0.1) is 0 Å². The molecule has 9 heteroatoms. The van der Waals surface area contributed by atoms with Crippen LogP contribution in [-0.4, -0.2) is 66.5 Å². The Morgan fingerprint density at radius 1 is 1.18 bits per heavy atom. The van der Waals surface area contributed by atoms with Gasteiger partial charge in [0.05, 0.1) is 12.7 Å². The summed E-state index contributed by atoms with van der Waals surface area (Å²) in [5.74, 6) is -1.23. The molecule has 162 valence electrons. The van der Waals surface area contributed by atoms with Crippen molar-refractivity contribution in [3.05, 3.63) is 23.8 Å². The van der Waals surface area contributed by atoms with E-state index in [9.17, 15) is 9.59 Å². The van der Waals surface area contributed by atoms with E-state index in [-0.39, 0.29) is 12.1 Å². The quantitative estimate of drug-likeness (QED) is 0.250. The summed E-state index contributed by atoms with van der Waals surface area (Å²) in [5, 5.41) is 8.59. The molecular weight excluding hydrogens is 384 g/mol. The zero-order chi connectivity index (χ0) is 21.6. The summed E-state index contributed by atoms with van der Waals surface area (Å²) in [6.07, 6.45) is 5.53. The van der Waals surface area contributed by atoms with Gasteiger partial charge < -0.3 is 27.9 Å². The fraction of sp³-hybridized carbons (Fsp3) is 0.684. The van der Waals surface area contributed by atoms with Crippen molar-refractivity contribution in [3.8, 4) is 0 Å². The average molecular weight is 419 g/mol. The van der Waals surface area contributed by atoms with Gasteiger partial charge in [-0.1, -0.05) is 6.58 Å². The summed E-state index contributed by atoms with van der Waals surface area (Å²) in [7, 11) is 2.13. The number of hydrogen-bond donors (Lipinski definition) is 1. The van der Waals surface area contributed by atoms with Crippen LogP contribution in [0.2, 0.25) is 6.04 Å². The van der Waals surface area contributed by atoms with Gasteiger partial charge in [-0.2, -0.15) is 0 Å². The minimum atomic E-state index is -2.53. The van der Waals surface area contributed by atoms with Gasteiger partial charge in [0, 0.05) is 45.1 Å². The van der Waals surface area contributed by atoms with Crippen molar-refractivity contribution in [2.75, 3.05) is 34.5 Å². The van der Waals surface area contributed by atoms with E-state index in [4.69, 9.17) is 27.9 Å². The second-order valence-electron chi connectivity index (χ2n) is 6.38. The Kier molecular flexibility index (Phi) is 13.7. The van der Waals surface area contributed by atoms with E-state index < -0.39 is 14.8 Å². The number of aliphatic carboxylic acids is 1. The van der Waals surface area contributed by atoms with Crippen LogP contribution in [-0.2, 0) is 32.3 Å².